The zero-order valence-electron chi connectivity index (χ0n) is 15.5. The molecule has 1 saturated carbocycles. The summed E-state index contributed by atoms with van der Waals surface area (Å²) >= 11 is 0. The van der Waals surface area contributed by atoms with Gasteiger partial charge in [0.15, 0.2) is 0 Å². The molecule has 1 aliphatic carbocycles. The van der Waals surface area contributed by atoms with Crippen LogP contribution in [-0.4, -0.2) is 16.4 Å². The molecule has 1 fully saturated rings. The fourth-order valence-corrected chi connectivity index (χ4v) is 3.95. The third kappa shape index (κ3) is 3.19. The maximum Gasteiger partial charge on any atom is 0.268 e. The summed E-state index contributed by atoms with van der Waals surface area (Å²) in [5.74, 6) is -2.49. The lowest BCUT2D eigenvalue weighted by molar-refractivity contribution is -0.119. The first-order valence-corrected chi connectivity index (χ1v) is 9.37. The molecule has 0 aliphatic heterocycles. The Morgan fingerprint density at radius 3 is 2.39 bits per heavy atom. The van der Waals surface area contributed by atoms with E-state index in [4.69, 9.17) is 0 Å². The number of hydrogen-bond acceptors (Lipinski definition) is 2. The molecule has 0 unspecified atom stereocenters. The van der Waals surface area contributed by atoms with Crippen LogP contribution in [0.2, 0.25) is 0 Å². The third-order valence-corrected chi connectivity index (χ3v) is 5.36. The Morgan fingerprint density at radius 1 is 1.04 bits per heavy atom. The normalized spacial score (nSPS) is 14.5. The Kier molecular flexibility index (Phi) is 4.71. The molecule has 144 valence electrons. The van der Waals surface area contributed by atoms with Gasteiger partial charge in [-0.25, -0.2) is 8.78 Å². The predicted octanol–water partition coefficient (Wildman–Crippen LogP) is 5.05. The van der Waals surface area contributed by atoms with E-state index < -0.39 is 23.1 Å². The molecule has 1 amide bonds. The number of benzene rings is 2. The van der Waals surface area contributed by atoms with Gasteiger partial charge in [0.1, 0.15) is 17.2 Å². The van der Waals surface area contributed by atoms with Crippen LogP contribution in [0.3, 0.4) is 0 Å². The van der Waals surface area contributed by atoms with Gasteiger partial charge in [0, 0.05) is 22.7 Å². The summed E-state index contributed by atoms with van der Waals surface area (Å²) in [7, 11) is 0. The zero-order valence-corrected chi connectivity index (χ0v) is 15.5. The van der Waals surface area contributed by atoms with Gasteiger partial charge in [-0.05, 0) is 56.2 Å². The van der Waals surface area contributed by atoms with Crippen LogP contribution in [0, 0.1) is 24.5 Å². The van der Waals surface area contributed by atoms with Crippen molar-refractivity contribution in [3.05, 3.63) is 65.4 Å². The summed E-state index contributed by atoms with van der Waals surface area (Å²) in [5, 5.41) is 3.65. The summed E-state index contributed by atoms with van der Waals surface area (Å²) in [6.07, 6.45) is 3.97. The van der Waals surface area contributed by atoms with Crippen LogP contribution in [0.4, 0.5) is 14.5 Å². The molecule has 0 spiro atoms. The van der Waals surface area contributed by atoms with E-state index in [1.165, 1.54) is 10.6 Å². The van der Waals surface area contributed by atoms with Gasteiger partial charge in [0.25, 0.3) is 5.91 Å². The molecule has 4 rings (SSSR count). The summed E-state index contributed by atoms with van der Waals surface area (Å²) < 4.78 is 29.4. The molecular weight excluding hydrogens is 362 g/mol. The highest BCUT2D eigenvalue weighted by Crippen LogP contribution is 2.28. The highest BCUT2D eigenvalue weighted by atomic mass is 19.1. The van der Waals surface area contributed by atoms with E-state index in [0.29, 0.717) is 22.3 Å². The number of carbonyl (C=O) groups is 2. The second-order valence-corrected chi connectivity index (χ2v) is 7.27. The van der Waals surface area contributed by atoms with E-state index in [0.717, 1.165) is 37.8 Å². The molecule has 1 aliphatic rings. The minimum Gasteiger partial charge on any atom is -0.326 e. The van der Waals surface area contributed by atoms with E-state index >= 15 is 0 Å². The van der Waals surface area contributed by atoms with Crippen LogP contribution in [0.25, 0.3) is 10.9 Å². The zero-order chi connectivity index (χ0) is 19.8. The van der Waals surface area contributed by atoms with Gasteiger partial charge in [-0.15, -0.1) is 0 Å². The van der Waals surface area contributed by atoms with Gasteiger partial charge in [0.05, 0.1) is 5.52 Å². The molecule has 0 bridgehead atoms. The fourth-order valence-electron chi connectivity index (χ4n) is 3.95. The van der Waals surface area contributed by atoms with Crippen molar-refractivity contribution in [2.45, 2.75) is 32.6 Å². The Morgan fingerprint density at radius 2 is 1.71 bits per heavy atom. The Labute approximate surface area is 161 Å². The quantitative estimate of drug-likeness (QED) is 0.690. The monoisotopic (exact) mass is 382 g/mol. The average molecular weight is 382 g/mol. The smallest absolute Gasteiger partial charge is 0.268 e. The number of amides is 1. The van der Waals surface area contributed by atoms with Gasteiger partial charge >= 0.3 is 0 Å². The van der Waals surface area contributed by atoms with E-state index in [9.17, 15) is 18.4 Å². The fraction of sp³-hybridized carbons (Fsp3) is 0.273. The molecule has 0 atom stereocenters. The molecule has 0 saturated heterocycles. The van der Waals surface area contributed by atoms with Crippen molar-refractivity contribution in [3.63, 3.8) is 0 Å². The molecule has 1 aromatic heterocycles. The van der Waals surface area contributed by atoms with E-state index in [1.807, 2.05) is 0 Å². The SMILES string of the molecule is Cc1cc2cc(NC(=O)C3CCCC3)ccc2n1C(=O)c1c(F)cccc1F. The second-order valence-electron chi connectivity index (χ2n) is 7.27. The summed E-state index contributed by atoms with van der Waals surface area (Å²) in [6, 6.07) is 10.3. The number of halogens is 2. The largest absolute Gasteiger partial charge is 0.326 e. The van der Waals surface area contributed by atoms with Crippen LogP contribution in [0.5, 0.6) is 0 Å². The number of carbonyl (C=O) groups excluding carboxylic acids is 2. The van der Waals surface area contributed by atoms with E-state index in [-0.39, 0.29) is 11.8 Å². The highest BCUT2D eigenvalue weighted by Gasteiger charge is 2.24. The average Bonchev–Trinajstić information content (AvgIpc) is 3.28. The minimum atomic E-state index is -0.897. The third-order valence-electron chi connectivity index (χ3n) is 5.36. The van der Waals surface area contributed by atoms with Crippen molar-refractivity contribution < 1.29 is 18.4 Å². The van der Waals surface area contributed by atoms with Crippen LogP contribution in [-0.2, 0) is 4.79 Å². The lowest BCUT2D eigenvalue weighted by atomic mass is 10.1. The van der Waals surface area contributed by atoms with E-state index in [1.54, 1.807) is 31.2 Å². The number of hydrogen-bond donors (Lipinski definition) is 1. The first-order valence-electron chi connectivity index (χ1n) is 9.37. The standard InChI is InChI=1S/C22H20F2N2O2/c1-13-11-15-12-16(25-21(27)14-5-2-3-6-14)9-10-19(15)26(13)22(28)20-17(23)7-4-8-18(20)24/h4,7-12,14H,2-3,5-6H2,1H3,(H,25,27). The highest BCUT2D eigenvalue weighted by molar-refractivity contribution is 6.04. The van der Waals surface area contributed by atoms with Gasteiger partial charge in [-0.2, -0.15) is 0 Å². The molecule has 1 heterocycles. The molecule has 3 aromatic rings. The van der Waals surface area contributed by atoms with Gasteiger partial charge in [0.2, 0.25) is 5.91 Å². The van der Waals surface area contributed by atoms with Crippen LogP contribution < -0.4 is 5.32 Å². The summed E-state index contributed by atoms with van der Waals surface area (Å²) in [4.78, 5) is 25.2. The molecular formula is C22H20F2N2O2. The number of aromatic nitrogens is 1. The Balaban J connectivity index is 1.68. The van der Waals surface area contributed by atoms with Crippen molar-refractivity contribution in [1.29, 1.82) is 0 Å². The van der Waals surface area contributed by atoms with Crippen molar-refractivity contribution >= 4 is 28.4 Å². The maximum absolute atomic E-state index is 14.1. The van der Waals surface area contributed by atoms with Gasteiger partial charge < -0.3 is 5.32 Å². The summed E-state index contributed by atoms with van der Waals surface area (Å²) in [5.41, 5.74) is 1.15. The lowest BCUT2D eigenvalue weighted by Crippen LogP contribution is -2.20. The van der Waals surface area contributed by atoms with Gasteiger partial charge in [-0.1, -0.05) is 18.9 Å². The molecule has 6 heteroatoms. The first-order chi connectivity index (χ1) is 13.5. The number of nitrogens with one attached hydrogen (secondary N) is 1. The molecule has 2 aromatic carbocycles. The van der Waals surface area contributed by atoms with Crippen LogP contribution in [0.15, 0.2) is 42.5 Å². The molecule has 0 radical (unpaired) electrons. The molecule has 4 nitrogen and oxygen atoms in total. The van der Waals surface area contributed by atoms with Crippen LogP contribution in [0.1, 0.15) is 41.7 Å². The van der Waals surface area contributed by atoms with Crippen molar-refractivity contribution in [2.24, 2.45) is 5.92 Å². The van der Waals surface area contributed by atoms with Crippen molar-refractivity contribution in [1.82, 2.24) is 4.57 Å². The summed E-state index contributed by atoms with van der Waals surface area (Å²) in [6.45, 7) is 1.70. The second kappa shape index (κ2) is 7.19. The minimum absolute atomic E-state index is 0.0116. The Bertz CT molecular complexity index is 1060. The number of aryl methyl sites for hydroxylation is 1. The number of nitrogens with zero attached hydrogens (tertiary/aromatic N) is 1. The molecule has 1 N–H and O–H groups in total. The maximum atomic E-state index is 14.1. The predicted molar refractivity (Wildman–Crippen MR) is 103 cm³/mol. The van der Waals surface area contributed by atoms with Crippen LogP contribution >= 0.6 is 0 Å². The lowest BCUT2D eigenvalue weighted by Gasteiger charge is -2.11. The number of rotatable bonds is 3. The topological polar surface area (TPSA) is 51.1 Å². The van der Waals surface area contributed by atoms with Crippen molar-refractivity contribution in [2.75, 3.05) is 5.32 Å². The van der Waals surface area contributed by atoms with Gasteiger partial charge in [-0.3, -0.25) is 14.2 Å². The number of fused-ring (bicyclic) bond motifs is 1. The van der Waals surface area contributed by atoms with E-state index in [2.05, 4.69) is 5.32 Å². The molecule has 28 heavy (non-hydrogen) atoms. The van der Waals surface area contributed by atoms with Crippen molar-refractivity contribution in [3.8, 4) is 0 Å². The Hall–Kier alpha value is -3.02. The number of anilines is 1. The first kappa shape index (κ1) is 18.3.